The van der Waals surface area contributed by atoms with E-state index in [1.807, 2.05) is 44.7 Å². The van der Waals surface area contributed by atoms with E-state index in [0.717, 1.165) is 47.6 Å². The molecule has 1 atom stereocenters. The lowest BCUT2D eigenvalue weighted by Crippen LogP contribution is -2.47. The summed E-state index contributed by atoms with van der Waals surface area (Å²) in [6.45, 7) is 4.25. The molecule has 0 unspecified atom stereocenters. The summed E-state index contributed by atoms with van der Waals surface area (Å²) in [5.41, 5.74) is 6.72. The fourth-order valence-corrected chi connectivity index (χ4v) is 4.91. The molecule has 6 heteroatoms. The van der Waals surface area contributed by atoms with Gasteiger partial charge in [-0.15, -0.1) is 0 Å². The molecule has 1 amide bonds. The number of likely N-dealkylation sites (N-methyl/N-ethyl adjacent to an activating group) is 1. The normalized spacial score (nSPS) is 18.0. The van der Waals surface area contributed by atoms with Crippen LogP contribution in [0.5, 0.6) is 0 Å². The third-order valence-corrected chi connectivity index (χ3v) is 6.90. The van der Waals surface area contributed by atoms with Crippen LogP contribution in [-0.4, -0.2) is 57.2 Å². The molecule has 2 aromatic heterocycles. The van der Waals surface area contributed by atoms with E-state index in [9.17, 15) is 4.79 Å². The van der Waals surface area contributed by atoms with Crippen molar-refractivity contribution in [1.82, 2.24) is 24.6 Å². The van der Waals surface area contributed by atoms with Crippen LogP contribution in [0, 0.1) is 5.92 Å². The van der Waals surface area contributed by atoms with Crippen molar-refractivity contribution >= 4 is 5.91 Å². The van der Waals surface area contributed by atoms with Crippen LogP contribution >= 0.6 is 0 Å². The van der Waals surface area contributed by atoms with Crippen molar-refractivity contribution in [1.29, 1.82) is 0 Å². The molecule has 1 fully saturated rings. The maximum Gasteiger partial charge on any atom is 0.246 e. The molecule has 0 spiro atoms. The summed E-state index contributed by atoms with van der Waals surface area (Å²) in [7, 11) is 4.02. The summed E-state index contributed by atoms with van der Waals surface area (Å²) in [5.74, 6) is 0.668. The molecule has 0 bridgehead atoms. The Balaban J connectivity index is 1.58. The van der Waals surface area contributed by atoms with Gasteiger partial charge in [-0.05, 0) is 68.6 Å². The summed E-state index contributed by atoms with van der Waals surface area (Å²) in [6.07, 6.45) is 10.7. The Hall–Kier alpha value is -3.25. The first-order valence-corrected chi connectivity index (χ1v) is 12.3. The van der Waals surface area contributed by atoms with Gasteiger partial charge < -0.3 is 9.80 Å². The molecule has 0 saturated heterocycles. The van der Waals surface area contributed by atoms with Crippen LogP contribution in [0.2, 0.25) is 0 Å². The van der Waals surface area contributed by atoms with Gasteiger partial charge in [0.2, 0.25) is 5.91 Å². The van der Waals surface area contributed by atoms with Crippen LogP contribution < -0.4 is 0 Å². The summed E-state index contributed by atoms with van der Waals surface area (Å²) >= 11 is 0. The van der Waals surface area contributed by atoms with Gasteiger partial charge in [0.05, 0.1) is 24.8 Å². The van der Waals surface area contributed by atoms with E-state index in [2.05, 4.69) is 50.7 Å². The number of rotatable bonds is 7. The molecule has 5 rings (SSSR count). The molecule has 0 N–H and O–H groups in total. The van der Waals surface area contributed by atoms with Crippen molar-refractivity contribution in [2.75, 3.05) is 20.6 Å². The van der Waals surface area contributed by atoms with Crippen molar-refractivity contribution in [3.8, 4) is 22.4 Å². The van der Waals surface area contributed by atoms with Crippen LogP contribution in [0.4, 0.5) is 0 Å². The fourth-order valence-electron chi connectivity index (χ4n) is 4.91. The molecular formula is C28H33N5O. The zero-order valence-electron chi connectivity index (χ0n) is 20.3. The fraction of sp³-hybridized carbons (Fsp3) is 0.393. The van der Waals surface area contributed by atoms with Crippen molar-refractivity contribution in [3.05, 3.63) is 72.2 Å². The number of carbonyl (C=O) groups is 1. The summed E-state index contributed by atoms with van der Waals surface area (Å²) in [6, 6.07) is 12.9. The van der Waals surface area contributed by atoms with E-state index in [1.165, 1.54) is 18.4 Å². The van der Waals surface area contributed by atoms with Crippen LogP contribution in [0.3, 0.4) is 0 Å². The average Bonchev–Trinajstić information content (AvgIpc) is 3.63. The third-order valence-electron chi connectivity index (χ3n) is 6.90. The van der Waals surface area contributed by atoms with Crippen molar-refractivity contribution in [2.45, 2.75) is 45.3 Å². The molecule has 176 valence electrons. The predicted molar refractivity (Wildman–Crippen MR) is 135 cm³/mol. The number of hydrogen-bond acceptors (Lipinski definition) is 4. The summed E-state index contributed by atoms with van der Waals surface area (Å²) in [4.78, 5) is 21.7. The quantitative estimate of drug-likeness (QED) is 0.495. The van der Waals surface area contributed by atoms with Gasteiger partial charge in [0.1, 0.15) is 5.69 Å². The minimum Gasteiger partial charge on any atom is -0.328 e. The lowest BCUT2D eigenvalue weighted by Gasteiger charge is -2.36. The summed E-state index contributed by atoms with van der Waals surface area (Å²) in [5, 5.41) is 5.15. The number of aromatic nitrogens is 3. The highest BCUT2D eigenvalue weighted by atomic mass is 16.2. The van der Waals surface area contributed by atoms with Gasteiger partial charge in [0.25, 0.3) is 0 Å². The number of aryl methyl sites for hydroxylation is 1. The molecule has 34 heavy (non-hydrogen) atoms. The highest BCUT2D eigenvalue weighted by Crippen LogP contribution is 2.42. The third kappa shape index (κ3) is 4.55. The van der Waals surface area contributed by atoms with E-state index < -0.39 is 0 Å². The first kappa shape index (κ1) is 22.5. The minimum atomic E-state index is 0.0985. The van der Waals surface area contributed by atoms with Gasteiger partial charge in [-0.25, -0.2) is 0 Å². The maximum absolute atomic E-state index is 13.3. The number of nitrogens with zero attached hydrogens (tertiary/aromatic N) is 5. The molecule has 1 aliphatic heterocycles. The first-order valence-electron chi connectivity index (χ1n) is 12.3. The Morgan fingerprint density at radius 3 is 2.65 bits per heavy atom. The Morgan fingerprint density at radius 2 is 1.94 bits per heavy atom. The molecule has 1 aromatic carbocycles. The minimum absolute atomic E-state index is 0.0985. The van der Waals surface area contributed by atoms with E-state index >= 15 is 0 Å². The molecule has 1 aliphatic carbocycles. The van der Waals surface area contributed by atoms with E-state index in [4.69, 9.17) is 5.10 Å². The zero-order chi connectivity index (χ0) is 23.7. The van der Waals surface area contributed by atoms with Crippen LogP contribution in [0.15, 0.2) is 60.9 Å². The molecule has 2 aliphatic rings. The SMILES string of the molecule is CCc1cccc(-c2nn3c(c2-c2ccncc2)CN(C(=O)/C=C/CN(C)C)[C@@H](C2CC2)C3)c1. The van der Waals surface area contributed by atoms with Gasteiger partial charge in [-0.2, -0.15) is 5.10 Å². The molecule has 3 heterocycles. The van der Waals surface area contributed by atoms with E-state index in [-0.39, 0.29) is 11.9 Å². The molecule has 1 saturated carbocycles. The molecular weight excluding hydrogens is 422 g/mol. The van der Waals surface area contributed by atoms with E-state index in [0.29, 0.717) is 12.5 Å². The standard InChI is InChI=1S/C28H33N5O/c1-4-20-7-5-8-23(17-20)28-27(22-12-14-29-15-13-22)25-18-32(26(34)9-6-16-31(2)3)24(21-10-11-21)19-33(25)30-28/h5-9,12-15,17,21,24H,4,10-11,16,18-19H2,1-3H3/b9-6+/t24-/m1/s1. The molecule has 3 aromatic rings. The van der Waals surface area contributed by atoms with E-state index in [1.54, 1.807) is 6.08 Å². The molecule has 6 nitrogen and oxygen atoms in total. The summed E-state index contributed by atoms with van der Waals surface area (Å²) < 4.78 is 2.17. The number of hydrogen-bond donors (Lipinski definition) is 0. The smallest absolute Gasteiger partial charge is 0.246 e. The second kappa shape index (κ2) is 9.55. The highest BCUT2D eigenvalue weighted by Gasteiger charge is 2.41. The van der Waals surface area contributed by atoms with Crippen LogP contribution in [0.25, 0.3) is 22.4 Å². The second-order valence-corrected chi connectivity index (χ2v) is 9.68. The van der Waals surface area contributed by atoms with Crippen molar-refractivity contribution < 1.29 is 4.79 Å². The Kier molecular flexibility index (Phi) is 6.33. The lowest BCUT2D eigenvalue weighted by molar-refractivity contribution is -0.130. The van der Waals surface area contributed by atoms with Crippen LogP contribution in [0.1, 0.15) is 31.0 Å². The van der Waals surface area contributed by atoms with Gasteiger partial charge in [0, 0.05) is 36.1 Å². The van der Waals surface area contributed by atoms with Gasteiger partial charge in [0.15, 0.2) is 0 Å². The lowest BCUT2D eigenvalue weighted by atomic mass is 9.96. The topological polar surface area (TPSA) is 54.3 Å². The number of fused-ring (bicyclic) bond motifs is 1. The van der Waals surface area contributed by atoms with Gasteiger partial charge in [-0.1, -0.05) is 31.2 Å². The average molecular weight is 456 g/mol. The Bertz CT molecular complexity index is 1190. The number of amides is 1. The zero-order valence-corrected chi connectivity index (χ0v) is 20.3. The van der Waals surface area contributed by atoms with Gasteiger partial charge in [-0.3, -0.25) is 14.5 Å². The Morgan fingerprint density at radius 1 is 1.15 bits per heavy atom. The second-order valence-electron chi connectivity index (χ2n) is 9.68. The van der Waals surface area contributed by atoms with Crippen LogP contribution in [-0.2, 0) is 24.3 Å². The number of carbonyl (C=O) groups excluding carboxylic acids is 1. The van der Waals surface area contributed by atoms with Gasteiger partial charge >= 0.3 is 0 Å². The van der Waals surface area contributed by atoms with Crippen molar-refractivity contribution in [3.63, 3.8) is 0 Å². The molecule has 0 radical (unpaired) electrons. The highest BCUT2D eigenvalue weighted by molar-refractivity contribution is 5.89. The largest absolute Gasteiger partial charge is 0.328 e. The van der Waals surface area contributed by atoms with Crippen molar-refractivity contribution in [2.24, 2.45) is 5.92 Å². The first-order chi connectivity index (χ1) is 16.5. The maximum atomic E-state index is 13.3. The number of pyridine rings is 1. The predicted octanol–water partition coefficient (Wildman–Crippen LogP) is 4.41. The number of benzene rings is 1. The monoisotopic (exact) mass is 455 g/mol. The Labute approximate surface area is 201 Å².